The second kappa shape index (κ2) is 8.85. The fourth-order valence-electron chi connectivity index (χ4n) is 1.50. The summed E-state index contributed by atoms with van der Waals surface area (Å²) < 4.78 is 30.8. The van der Waals surface area contributed by atoms with Crippen LogP contribution in [0.2, 0.25) is 0 Å². The van der Waals surface area contributed by atoms with Gasteiger partial charge in [-0.2, -0.15) is 4.31 Å². The molecule has 0 spiro atoms. The molecule has 0 bridgehead atoms. The van der Waals surface area contributed by atoms with Gasteiger partial charge >= 0.3 is 0 Å². The molecule has 1 unspecified atom stereocenters. The molecule has 0 aliphatic heterocycles. The zero-order chi connectivity index (χ0) is 13.3. The van der Waals surface area contributed by atoms with E-state index in [1.807, 2.05) is 6.92 Å². The predicted octanol–water partition coefficient (Wildman–Crippen LogP) is 0.673. The van der Waals surface area contributed by atoms with Crippen molar-refractivity contribution >= 4 is 10.0 Å². The first kappa shape index (κ1) is 16.8. The van der Waals surface area contributed by atoms with Crippen LogP contribution in [0.15, 0.2) is 0 Å². The van der Waals surface area contributed by atoms with Crippen LogP contribution in [0.1, 0.15) is 27.2 Å². The summed E-state index contributed by atoms with van der Waals surface area (Å²) in [7, 11) is -1.64. The van der Waals surface area contributed by atoms with E-state index in [0.29, 0.717) is 26.2 Å². The van der Waals surface area contributed by atoms with Crippen molar-refractivity contribution < 1.29 is 13.2 Å². The molecule has 0 radical (unpaired) electrons. The Kier molecular flexibility index (Phi) is 8.77. The highest BCUT2D eigenvalue weighted by atomic mass is 32.2. The van der Waals surface area contributed by atoms with E-state index in [1.165, 1.54) is 4.31 Å². The van der Waals surface area contributed by atoms with Gasteiger partial charge in [0.25, 0.3) is 0 Å². The maximum Gasteiger partial charge on any atom is 0.218 e. The molecule has 104 valence electrons. The Balaban J connectivity index is 4.38. The standard InChI is InChI=1S/C11H26N2O3S/c1-5-7-12-10-11(3)17(14,15)13(6-2)8-9-16-4/h11-12H,5-10H2,1-4H3. The van der Waals surface area contributed by atoms with E-state index in [4.69, 9.17) is 4.74 Å². The van der Waals surface area contributed by atoms with E-state index >= 15 is 0 Å². The number of likely N-dealkylation sites (N-methyl/N-ethyl adjacent to an activating group) is 1. The summed E-state index contributed by atoms with van der Waals surface area (Å²) >= 11 is 0. The molecule has 0 saturated carbocycles. The number of nitrogens with zero attached hydrogens (tertiary/aromatic N) is 1. The third kappa shape index (κ3) is 5.81. The quantitative estimate of drug-likeness (QED) is 0.591. The fraction of sp³-hybridized carbons (Fsp3) is 1.00. The lowest BCUT2D eigenvalue weighted by Gasteiger charge is -2.24. The zero-order valence-corrected chi connectivity index (χ0v) is 12.2. The third-order valence-corrected chi connectivity index (χ3v) is 4.97. The summed E-state index contributed by atoms with van der Waals surface area (Å²) in [5.41, 5.74) is 0. The minimum atomic E-state index is -3.21. The molecule has 0 aromatic carbocycles. The molecule has 0 rings (SSSR count). The minimum absolute atomic E-state index is 0.397. The zero-order valence-electron chi connectivity index (χ0n) is 11.4. The number of sulfonamides is 1. The first-order valence-electron chi connectivity index (χ1n) is 6.19. The number of rotatable bonds is 10. The second-order valence-electron chi connectivity index (χ2n) is 4.04. The lowest BCUT2D eigenvalue weighted by molar-refractivity contribution is 0.180. The van der Waals surface area contributed by atoms with Gasteiger partial charge < -0.3 is 10.1 Å². The molecule has 17 heavy (non-hydrogen) atoms. The molecule has 0 fully saturated rings. The molecule has 0 aliphatic carbocycles. The Hall–Kier alpha value is -0.170. The van der Waals surface area contributed by atoms with Gasteiger partial charge in [0.15, 0.2) is 0 Å². The molecular weight excluding hydrogens is 240 g/mol. The van der Waals surface area contributed by atoms with Crippen molar-refractivity contribution in [2.24, 2.45) is 0 Å². The highest BCUT2D eigenvalue weighted by Gasteiger charge is 2.26. The van der Waals surface area contributed by atoms with Crippen LogP contribution >= 0.6 is 0 Å². The van der Waals surface area contributed by atoms with Crippen LogP contribution in [0.4, 0.5) is 0 Å². The maximum atomic E-state index is 12.2. The van der Waals surface area contributed by atoms with Gasteiger partial charge in [0.2, 0.25) is 10.0 Å². The van der Waals surface area contributed by atoms with Crippen molar-refractivity contribution in [2.45, 2.75) is 32.4 Å². The summed E-state index contributed by atoms with van der Waals surface area (Å²) in [5, 5.41) is 2.74. The summed E-state index contributed by atoms with van der Waals surface area (Å²) in [6.07, 6.45) is 1.01. The van der Waals surface area contributed by atoms with E-state index in [-0.39, 0.29) is 0 Å². The first-order chi connectivity index (χ1) is 8.00. The number of hydrogen-bond donors (Lipinski definition) is 1. The molecule has 0 saturated heterocycles. The number of hydrogen-bond acceptors (Lipinski definition) is 4. The molecular formula is C11H26N2O3S. The molecule has 5 nitrogen and oxygen atoms in total. The molecule has 0 aromatic rings. The first-order valence-corrected chi connectivity index (χ1v) is 7.69. The fourth-order valence-corrected chi connectivity index (χ4v) is 3.03. The molecule has 0 aliphatic rings. The van der Waals surface area contributed by atoms with Crippen LogP contribution in [0.3, 0.4) is 0 Å². The SMILES string of the molecule is CCCNCC(C)S(=O)(=O)N(CC)CCOC. The Morgan fingerprint density at radius 1 is 1.35 bits per heavy atom. The van der Waals surface area contributed by atoms with Crippen LogP contribution in [0, 0.1) is 0 Å². The molecule has 0 amide bonds. The highest BCUT2D eigenvalue weighted by Crippen LogP contribution is 2.08. The van der Waals surface area contributed by atoms with Gasteiger partial charge in [-0.3, -0.25) is 0 Å². The molecule has 0 aromatic heterocycles. The summed E-state index contributed by atoms with van der Waals surface area (Å²) in [6, 6.07) is 0. The van der Waals surface area contributed by atoms with Crippen LogP contribution in [0.5, 0.6) is 0 Å². The van der Waals surface area contributed by atoms with E-state index < -0.39 is 15.3 Å². The van der Waals surface area contributed by atoms with Crippen molar-refractivity contribution in [3.05, 3.63) is 0 Å². The minimum Gasteiger partial charge on any atom is -0.383 e. The molecule has 1 atom stereocenters. The van der Waals surface area contributed by atoms with Gasteiger partial charge in [0.05, 0.1) is 11.9 Å². The average molecular weight is 266 g/mol. The number of ether oxygens (including phenoxy) is 1. The Morgan fingerprint density at radius 3 is 2.47 bits per heavy atom. The Morgan fingerprint density at radius 2 is 2.00 bits per heavy atom. The lowest BCUT2D eigenvalue weighted by Crippen LogP contribution is -2.43. The van der Waals surface area contributed by atoms with E-state index in [0.717, 1.165) is 13.0 Å². The van der Waals surface area contributed by atoms with Crippen molar-refractivity contribution in [1.82, 2.24) is 9.62 Å². The molecule has 0 heterocycles. The monoisotopic (exact) mass is 266 g/mol. The van der Waals surface area contributed by atoms with Gasteiger partial charge in [-0.1, -0.05) is 13.8 Å². The molecule has 6 heteroatoms. The Bertz CT molecular complexity index is 280. The number of nitrogens with one attached hydrogen (secondary N) is 1. The van der Waals surface area contributed by atoms with Crippen molar-refractivity contribution in [1.29, 1.82) is 0 Å². The van der Waals surface area contributed by atoms with Crippen LogP contribution in [0.25, 0.3) is 0 Å². The van der Waals surface area contributed by atoms with E-state index in [2.05, 4.69) is 12.2 Å². The second-order valence-corrected chi connectivity index (χ2v) is 6.40. The van der Waals surface area contributed by atoms with Gasteiger partial charge in [-0.05, 0) is 19.9 Å². The topological polar surface area (TPSA) is 58.6 Å². The van der Waals surface area contributed by atoms with Crippen LogP contribution in [-0.4, -0.2) is 57.9 Å². The average Bonchev–Trinajstić information content (AvgIpc) is 2.30. The van der Waals surface area contributed by atoms with Crippen molar-refractivity contribution in [3.8, 4) is 0 Å². The molecule has 1 N–H and O–H groups in total. The van der Waals surface area contributed by atoms with Crippen molar-refractivity contribution in [3.63, 3.8) is 0 Å². The maximum absolute atomic E-state index is 12.2. The normalized spacial score (nSPS) is 14.2. The third-order valence-electron chi connectivity index (χ3n) is 2.62. The van der Waals surface area contributed by atoms with E-state index in [9.17, 15) is 8.42 Å². The summed E-state index contributed by atoms with van der Waals surface area (Å²) in [5.74, 6) is 0. The van der Waals surface area contributed by atoms with E-state index in [1.54, 1.807) is 14.0 Å². The van der Waals surface area contributed by atoms with Gasteiger partial charge in [-0.25, -0.2) is 8.42 Å². The smallest absolute Gasteiger partial charge is 0.218 e. The van der Waals surface area contributed by atoms with Gasteiger partial charge in [0.1, 0.15) is 0 Å². The Labute approximate surface area is 106 Å². The highest BCUT2D eigenvalue weighted by molar-refractivity contribution is 7.89. The number of methoxy groups -OCH3 is 1. The predicted molar refractivity (Wildman–Crippen MR) is 70.7 cm³/mol. The van der Waals surface area contributed by atoms with Crippen LogP contribution < -0.4 is 5.32 Å². The largest absolute Gasteiger partial charge is 0.383 e. The van der Waals surface area contributed by atoms with Crippen LogP contribution in [-0.2, 0) is 14.8 Å². The summed E-state index contributed by atoms with van der Waals surface area (Å²) in [6.45, 7) is 8.35. The van der Waals surface area contributed by atoms with Crippen molar-refractivity contribution in [2.75, 3.05) is 39.9 Å². The lowest BCUT2D eigenvalue weighted by atomic mass is 10.4. The summed E-state index contributed by atoms with van der Waals surface area (Å²) in [4.78, 5) is 0. The van der Waals surface area contributed by atoms with Gasteiger partial charge in [-0.15, -0.1) is 0 Å². The van der Waals surface area contributed by atoms with Gasteiger partial charge in [0, 0.05) is 26.7 Å².